The molecule has 264 valence electrons. The third-order valence-electron chi connectivity index (χ3n) is 8.95. The minimum absolute atomic E-state index is 0.135. The number of benzene rings is 4. The molecule has 0 spiro atoms. The molecule has 0 radical (unpaired) electrons. The van der Waals surface area contributed by atoms with Gasteiger partial charge in [0.05, 0.1) is 19.1 Å². The van der Waals surface area contributed by atoms with Crippen LogP contribution in [0, 0.1) is 0 Å². The van der Waals surface area contributed by atoms with E-state index >= 15 is 0 Å². The van der Waals surface area contributed by atoms with Gasteiger partial charge in [0.15, 0.2) is 11.5 Å². The number of methoxy groups -OCH3 is 2. The number of nitrogens with zero attached hydrogens (tertiary/aromatic N) is 2. The summed E-state index contributed by atoms with van der Waals surface area (Å²) in [5, 5.41) is 3.66. The summed E-state index contributed by atoms with van der Waals surface area (Å²) in [5.74, 6) is 0.793. The smallest absolute Gasteiger partial charge is 0.243 e. The normalized spacial score (nSPS) is 13.8. The Hall–Kier alpha value is -4.38. The molecule has 1 fully saturated rings. The van der Waals surface area contributed by atoms with Crippen molar-refractivity contribution < 1.29 is 27.5 Å². The molecule has 9 nitrogen and oxygen atoms in total. The fourth-order valence-electron chi connectivity index (χ4n) is 6.12. The van der Waals surface area contributed by atoms with Gasteiger partial charge in [-0.1, -0.05) is 72.3 Å². The number of rotatable bonds is 16. The summed E-state index contributed by atoms with van der Waals surface area (Å²) in [6, 6.07) is 28.5. The molecule has 4 aromatic carbocycles. The Balaban J connectivity index is 1.34. The summed E-state index contributed by atoms with van der Waals surface area (Å²) >= 11 is 6.17. The SMILES string of the molecule is COc1ccc(CCNC(=O)[C@@H](Cc2ccccc2)N(Cc2ccc(Cl)cc2)C(=O)CCc2ccc(S(=O)(=O)N3CCCC3)cc2)cc1OC. The van der Waals surface area contributed by atoms with Crippen LogP contribution < -0.4 is 14.8 Å². The number of carbonyl (C=O) groups is 2. The zero-order chi connectivity index (χ0) is 35.5. The van der Waals surface area contributed by atoms with Gasteiger partial charge in [-0.2, -0.15) is 4.31 Å². The molecule has 0 saturated carbocycles. The second-order valence-electron chi connectivity index (χ2n) is 12.3. The van der Waals surface area contributed by atoms with Crippen LogP contribution in [0.4, 0.5) is 0 Å². The zero-order valence-corrected chi connectivity index (χ0v) is 30.1. The van der Waals surface area contributed by atoms with Crippen LogP contribution in [0.15, 0.2) is 102 Å². The molecule has 1 heterocycles. The molecule has 11 heteroatoms. The van der Waals surface area contributed by atoms with E-state index in [1.165, 1.54) is 4.31 Å². The fourth-order valence-corrected chi connectivity index (χ4v) is 7.77. The monoisotopic (exact) mass is 717 g/mol. The van der Waals surface area contributed by atoms with E-state index in [4.69, 9.17) is 21.1 Å². The van der Waals surface area contributed by atoms with Crippen molar-refractivity contribution in [3.05, 3.63) is 124 Å². The van der Waals surface area contributed by atoms with Crippen LogP contribution >= 0.6 is 11.6 Å². The molecule has 50 heavy (non-hydrogen) atoms. The van der Waals surface area contributed by atoms with Gasteiger partial charge in [0.2, 0.25) is 21.8 Å². The van der Waals surface area contributed by atoms with Crippen LogP contribution in [-0.4, -0.2) is 69.3 Å². The van der Waals surface area contributed by atoms with Gasteiger partial charge in [0.1, 0.15) is 6.04 Å². The summed E-state index contributed by atoms with van der Waals surface area (Å²) in [4.78, 5) is 30.1. The maximum atomic E-state index is 14.1. The number of carbonyl (C=O) groups excluding carboxylic acids is 2. The molecule has 5 rings (SSSR count). The number of amides is 2. The number of ether oxygens (including phenoxy) is 2. The van der Waals surface area contributed by atoms with Crippen molar-refractivity contribution in [1.29, 1.82) is 0 Å². The quantitative estimate of drug-likeness (QED) is 0.151. The number of hydrogen-bond acceptors (Lipinski definition) is 6. The molecule has 0 bridgehead atoms. The molecule has 4 aromatic rings. The van der Waals surface area contributed by atoms with Crippen molar-refractivity contribution >= 4 is 33.4 Å². The van der Waals surface area contributed by atoms with Crippen molar-refractivity contribution in [3.8, 4) is 11.5 Å². The second kappa shape index (κ2) is 17.5. The van der Waals surface area contributed by atoms with E-state index in [2.05, 4.69) is 5.32 Å². The van der Waals surface area contributed by atoms with E-state index in [1.807, 2.05) is 60.7 Å². The van der Waals surface area contributed by atoms with Gasteiger partial charge in [0, 0.05) is 44.0 Å². The number of hydrogen-bond donors (Lipinski definition) is 1. The molecule has 0 unspecified atom stereocenters. The van der Waals surface area contributed by atoms with Gasteiger partial charge in [-0.05, 0) is 84.3 Å². The van der Waals surface area contributed by atoms with E-state index in [0.29, 0.717) is 55.4 Å². The standard InChI is InChI=1S/C39H44ClN3O6S/c1-48-36-20-14-31(27-37(36)49-2)22-23-41-39(45)35(26-30-8-4-3-5-9-30)43(28-32-10-16-33(40)17-11-32)38(44)21-15-29-12-18-34(19-13-29)50(46,47)42-24-6-7-25-42/h3-5,8-14,16-20,27,35H,6-7,15,21-26,28H2,1-2H3,(H,41,45)/t35-/m1/s1. The van der Waals surface area contributed by atoms with E-state index in [-0.39, 0.29) is 29.7 Å². The van der Waals surface area contributed by atoms with Gasteiger partial charge in [-0.3, -0.25) is 9.59 Å². The highest BCUT2D eigenvalue weighted by Gasteiger charge is 2.31. The Morgan fingerprint density at radius 3 is 2.10 bits per heavy atom. The van der Waals surface area contributed by atoms with Crippen LogP contribution in [0.2, 0.25) is 5.02 Å². The van der Waals surface area contributed by atoms with Crippen molar-refractivity contribution in [2.45, 2.75) is 56.0 Å². The zero-order valence-electron chi connectivity index (χ0n) is 28.5. The van der Waals surface area contributed by atoms with E-state index < -0.39 is 16.1 Å². The van der Waals surface area contributed by atoms with E-state index in [1.54, 1.807) is 55.5 Å². The third kappa shape index (κ3) is 9.65. The van der Waals surface area contributed by atoms with E-state index in [9.17, 15) is 18.0 Å². The highest BCUT2D eigenvalue weighted by Crippen LogP contribution is 2.28. The predicted molar refractivity (Wildman–Crippen MR) is 195 cm³/mol. The van der Waals surface area contributed by atoms with Crippen LogP contribution in [0.3, 0.4) is 0 Å². The lowest BCUT2D eigenvalue weighted by molar-refractivity contribution is -0.141. The number of sulfonamides is 1. The Bertz CT molecular complexity index is 1830. The molecule has 1 aliphatic heterocycles. The maximum Gasteiger partial charge on any atom is 0.243 e. The minimum atomic E-state index is -3.53. The molecular formula is C39H44ClN3O6S. The topological polar surface area (TPSA) is 105 Å². The first kappa shape index (κ1) is 36.9. The first-order chi connectivity index (χ1) is 24.2. The van der Waals surface area contributed by atoms with Crippen LogP contribution in [-0.2, 0) is 45.4 Å². The molecule has 2 amide bonds. The average molecular weight is 718 g/mol. The Labute approximate surface area is 300 Å². The van der Waals surface area contributed by atoms with Crippen molar-refractivity contribution in [2.75, 3.05) is 33.9 Å². The first-order valence-electron chi connectivity index (χ1n) is 16.8. The molecule has 1 aliphatic rings. The largest absolute Gasteiger partial charge is 0.493 e. The molecule has 0 aromatic heterocycles. The van der Waals surface area contributed by atoms with Gasteiger partial charge < -0.3 is 19.7 Å². The summed E-state index contributed by atoms with van der Waals surface area (Å²) in [6.07, 6.45) is 3.14. The fraction of sp³-hybridized carbons (Fsp3) is 0.333. The number of nitrogens with one attached hydrogen (secondary N) is 1. The molecule has 1 saturated heterocycles. The highest BCUT2D eigenvalue weighted by atomic mass is 35.5. The molecule has 1 atom stereocenters. The minimum Gasteiger partial charge on any atom is -0.493 e. The number of halogens is 1. The Kier molecular flexibility index (Phi) is 12.9. The lowest BCUT2D eigenvalue weighted by Crippen LogP contribution is -2.50. The summed E-state index contributed by atoms with van der Waals surface area (Å²) < 4.78 is 38.3. The molecular weight excluding hydrogens is 674 g/mol. The Morgan fingerprint density at radius 2 is 1.44 bits per heavy atom. The predicted octanol–water partition coefficient (Wildman–Crippen LogP) is 6.07. The van der Waals surface area contributed by atoms with E-state index in [0.717, 1.165) is 35.1 Å². The lowest BCUT2D eigenvalue weighted by Gasteiger charge is -2.32. The Morgan fingerprint density at radius 1 is 0.800 bits per heavy atom. The maximum absolute atomic E-state index is 14.1. The second-order valence-corrected chi connectivity index (χ2v) is 14.7. The molecule has 0 aliphatic carbocycles. The van der Waals surface area contributed by atoms with Crippen molar-refractivity contribution in [2.24, 2.45) is 0 Å². The van der Waals surface area contributed by atoms with Crippen LogP contribution in [0.25, 0.3) is 0 Å². The summed E-state index contributed by atoms with van der Waals surface area (Å²) in [5.41, 5.74) is 3.58. The van der Waals surface area contributed by atoms with Gasteiger partial charge in [-0.25, -0.2) is 8.42 Å². The van der Waals surface area contributed by atoms with Crippen molar-refractivity contribution in [3.63, 3.8) is 0 Å². The summed E-state index contributed by atoms with van der Waals surface area (Å²) in [7, 11) is -0.362. The highest BCUT2D eigenvalue weighted by molar-refractivity contribution is 7.89. The first-order valence-corrected chi connectivity index (χ1v) is 18.7. The summed E-state index contributed by atoms with van der Waals surface area (Å²) in [6.45, 7) is 1.64. The van der Waals surface area contributed by atoms with Gasteiger partial charge in [-0.15, -0.1) is 0 Å². The van der Waals surface area contributed by atoms with Crippen LogP contribution in [0.1, 0.15) is 41.5 Å². The van der Waals surface area contributed by atoms with Gasteiger partial charge >= 0.3 is 0 Å². The van der Waals surface area contributed by atoms with Gasteiger partial charge in [0.25, 0.3) is 0 Å². The lowest BCUT2D eigenvalue weighted by atomic mass is 10.0. The average Bonchev–Trinajstić information content (AvgIpc) is 3.70. The molecule has 1 N–H and O–H groups in total. The third-order valence-corrected chi connectivity index (χ3v) is 11.1. The number of aryl methyl sites for hydroxylation is 1. The van der Waals surface area contributed by atoms with Crippen LogP contribution in [0.5, 0.6) is 11.5 Å². The van der Waals surface area contributed by atoms with Crippen molar-refractivity contribution in [1.82, 2.24) is 14.5 Å².